The highest BCUT2D eigenvalue weighted by molar-refractivity contribution is 5.89. The van der Waals surface area contributed by atoms with Crippen LogP contribution in [0.1, 0.15) is 93.7 Å². The van der Waals surface area contributed by atoms with Gasteiger partial charge in [-0.15, -0.1) is 0 Å². The number of unbranched alkanes of at least 4 members (excludes halogenated alkanes) is 1. The van der Waals surface area contributed by atoms with E-state index in [1.165, 1.54) is 35.1 Å². The molecule has 0 spiro atoms. The molecule has 4 aliphatic rings. The fourth-order valence-electron chi connectivity index (χ4n) is 10.1. The van der Waals surface area contributed by atoms with Crippen molar-refractivity contribution in [2.45, 2.75) is 77.4 Å². The van der Waals surface area contributed by atoms with E-state index in [4.69, 9.17) is 18.9 Å². The van der Waals surface area contributed by atoms with Crippen molar-refractivity contribution in [3.8, 4) is 34.8 Å². The van der Waals surface area contributed by atoms with E-state index in [9.17, 15) is 0 Å². The zero-order chi connectivity index (χ0) is 39.4. The molecule has 0 heterocycles. The molecule has 8 rings (SSSR count). The first-order chi connectivity index (χ1) is 27.9. The largest absolute Gasteiger partial charge is 0.377 e. The monoisotopic (exact) mass is 756 g/mol. The minimum absolute atomic E-state index is 0.272. The van der Waals surface area contributed by atoms with Gasteiger partial charge < -0.3 is 18.9 Å². The lowest BCUT2D eigenvalue weighted by Crippen LogP contribution is -2.29. The van der Waals surface area contributed by atoms with E-state index in [0.29, 0.717) is 57.4 Å². The van der Waals surface area contributed by atoms with Gasteiger partial charge in [0.15, 0.2) is 5.60 Å². The molecule has 4 nitrogen and oxygen atoms in total. The molecule has 4 aromatic rings. The number of benzene rings is 4. The molecule has 0 amide bonds. The standard InChI is InChI=1S/C53H56O4/c1-6-8-16-38(4)56-33-31-54-29-30-55-32-34-57-53(48-23-13-9-19-42(48)43-20-10-14-24-49(43)53)28-26-41-18-15-17-40(36-41)25-27-52-46(7-2)45-35-37(3)50(51(52)39(45)5)44-21-11-12-22-47(44)52/h9-15,17-24,35-39,46H,6-8,16,29-34H2,1-5H3. The molecule has 0 aromatic heterocycles. The van der Waals surface area contributed by atoms with Crippen molar-refractivity contribution < 1.29 is 18.9 Å². The van der Waals surface area contributed by atoms with Crippen LogP contribution in [-0.4, -0.2) is 45.7 Å². The summed E-state index contributed by atoms with van der Waals surface area (Å²) < 4.78 is 24.5. The van der Waals surface area contributed by atoms with Gasteiger partial charge in [-0.1, -0.05) is 155 Å². The summed E-state index contributed by atoms with van der Waals surface area (Å²) in [6.07, 6.45) is 7.35. The van der Waals surface area contributed by atoms with Crippen molar-refractivity contribution in [2.24, 2.45) is 17.8 Å². The van der Waals surface area contributed by atoms with Gasteiger partial charge in [-0.2, -0.15) is 0 Å². The van der Waals surface area contributed by atoms with E-state index in [-0.39, 0.29) is 11.5 Å². The van der Waals surface area contributed by atoms with Crippen LogP contribution in [0, 0.1) is 41.4 Å². The molecule has 0 aliphatic heterocycles. The van der Waals surface area contributed by atoms with Crippen LogP contribution in [0.2, 0.25) is 0 Å². The second kappa shape index (κ2) is 17.0. The summed E-state index contributed by atoms with van der Waals surface area (Å²) in [5.74, 6) is 16.1. The Morgan fingerprint density at radius 3 is 1.93 bits per heavy atom. The zero-order valence-corrected chi connectivity index (χ0v) is 34.3. The highest BCUT2D eigenvalue weighted by atomic mass is 16.6. The molecule has 0 N–H and O–H groups in total. The molecule has 2 bridgehead atoms. The summed E-state index contributed by atoms with van der Waals surface area (Å²) in [6.45, 7) is 14.4. The maximum Gasteiger partial charge on any atom is 0.181 e. The molecular formula is C53H56O4. The van der Waals surface area contributed by atoms with Crippen molar-refractivity contribution >= 4 is 5.57 Å². The van der Waals surface area contributed by atoms with Gasteiger partial charge >= 0.3 is 0 Å². The van der Waals surface area contributed by atoms with Crippen molar-refractivity contribution in [3.63, 3.8) is 0 Å². The fraction of sp³-hybridized carbons (Fsp3) is 0.396. The Labute approximate surface area is 340 Å². The Morgan fingerprint density at radius 1 is 0.667 bits per heavy atom. The van der Waals surface area contributed by atoms with E-state index in [2.05, 4.69) is 161 Å². The molecule has 0 saturated heterocycles. The lowest BCUT2D eigenvalue weighted by molar-refractivity contribution is -0.0340. The number of hydrogen-bond donors (Lipinski definition) is 0. The quantitative estimate of drug-likeness (QED) is 0.0688. The van der Waals surface area contributed by atoms with Crippen LogP contribution >= 0.6 is 0 Å². The van der Waals surface area contributed by atoms with Gasteiger partial charge in [-0.3, -0.25) is 0 Å². The van der Waals surface area contributed by atoms with Gasteiger partial charge in [0.05, 0.1) is 51.2 Å². The van der Waals surface area contributed by atoms with Gasteiger partial charge in [0.2, 0.25) is 0 Å². The molecule has 292 valence electrons. The van der Waals surface area contributed by atoms with Gasteiger partial charge in [0.25, 0.3) is 0 Å². The third kappa shape index (κ3) is 7.13. The predicted molar refractivity (Wildman–Crippen MR) is 231 cm³/mol. The number of fused-ring (bicyclic) bond motifs is 7. The molecule has 4 aromatic carbocycles. The first-order valence-corrected chi connectivity index (χ1v) is 21.3. The SMILES string of the molecule is CCCCC(C)OCCOCCOCCOC1(C#Cc2cccc(C#CC34C5=C(c6ccccc63)C(C)C=C(C5C)C4CC)c2)c2ccccc2-c2ccccc21. The van der Waals surface area contributed by atoms with Gasteiger partial charge in [0, 0.05) is 34.1 Å². The van der Waals surface area contributed by atoms with Crippen LogP contribution in [-0.2, 0) is 30.0 Å². The first-order valence-electron chi connectivity index (χ1n) is 21.3. The van der Waals surface area contributed by atoms with E-state index in [1.54, 1.807) is 5.57 Å². The second-order valence-corrected chi connectivity index (χ2v) is 16.1. The zero-order valence-electron chi connectivity index (χ0n) is 34.3. The number of rotatable bonds is 15. The van der Waals surface area contributed by atoms with Crippen LogP contribution < -0.4 is 0 Å². The Bertz CT molecular complexity index is 2240. The van der Waals surface area contributed by atoms with Crippen LogP contribution in [0.25, 0.3) is 16.7 Å². The van der Waals surface area contributed by atoms with Crippen LogP contribution in [0.15, 0.2) is 114 Å². The Kier molecular flexibility index (Phi) is 11.7. The van der Waals surface area contributed by atoms with Gasteiger partial charge in [-0.25, -0.2) is 0 Å². The Morgan fingerprint density at radius 2 is 1.26 bits per heavy atom. The summed E-state index contributed by atoms with van der Waals surface area (Å²) in [4.78, 5) is 0. The average molecular weight is 757 g/mol. The van der Waals surface area contributed by atoms with Crippen molar-refractivity contribution in [3.05, 3.63) is 148 Å². The van der Waals surface area contributed by atoms with E-state index >= 15 is 0 Å². The predicted octanol–water partition coefficient (Wildman–Crippen LogP) is 10.9. The third-order valence-corrected chi connectivity index (χ3v) is 12.6. The van der Waals surface area contributed by atoms with Gasteiger partial charge in [0.1, 0.15) is 0 Å². The molecule has 4 aliphatic carbocycles. The van der Waals surface area contributed by atoms with Gasteiger partial charge in [-0.05, 0) is 77.3 Å². The van der Waals surface area contributed by atoms with Crippen LogP contribution in [0.3, 0.4) is 0 Å². The summed E-state index contributed by atoms with van der Waals surface area (Å²) in [6, 6.07) is 34.4. The second-order valence-electron chi connectivity index (χ2n) is 16.1. The topological polar surface area (TPSA) is 36.9 Å². The Hall–Kier alpha value is -4.68. The molecule has 1 saturated carbocycles. The summed E-state index contributed by atoms with van der Waals surface area (Å²) >= 11 is 0. The summed E-state index contributed by atoms with van der Waals surface area (Å²) in [7, 11) is 0. The fourth-order valence-corrected chi connectivity index (χ4v) is 10.1. The maximum atomic E-state index is 6.87. The van der Waals surface area contributed by atoms with Crippen LogP contribution in [0.5, 0.6) is 0 Å². The summed E-state index contributed by atoms with van der Waals surface area (Å²) in [5, 5.41) is 0. The minimum Gasteiger partial charge on any atom is -0.377 e. The maximum absolute atomic E-state index is 6.87. The molecule has 4 heteroatoms. The van der Waals surface area contributed by atoms with Crippen molar-refractivity contribution in [2.75, 3.05) is 39.6 Å². The molecule has 5 unspecified atom stereocenters. The van der Waals surface area contributed by atoms with E-state index in [0.717, 1.165) is 46.2 Å². The van der Waals surface area contributed by atoms with Crippen molar-refractivity contribution in [1.82, 2.24) is 0 Å². The highest BCUT2D eigenvalue weighted by Gasteiger charge is 2.59. The number of allylic oxidation sites excluding steroid dienone is 4. The average Bonchev–Trinajstić information content (AvgIpc) is 3.75. The molecule has 5 atom stereocenters. The number of hydrogen-bond acceptors (Lipinski definition) is 4. The van der Waals surface area contributed by atoms with E-state index in [1.807, 2.05) is 0 Å². The third-order valence-electron chi connectivity index (χ3n) is 12.6. The minimum atomic E-state index is -0.938. The lowest BCUT2D eigenvalue weighted by Gasteiger charge is -2.30. The summed E-state index contributed by atoms with van der Waals surface area (Å²) in [5.41, 5.74) is 12.5. The highest BCUT2D eigenvalue weighted by Crippen LogP contribution is 2.66. The Balaban J connectivity index is 1.02. The molecule has 0 radical (unpaired) electrons. The lowest BCUT2D eigenvalue weighted by atomic mass is 9.70. The smallest absolute Gasteiger partial charge is 0.181 e. The molecule has 57 heavy (non-hydrogen) atoms. The van der Waals surface area contributed by atoms with E-state index < -0.39 is 5.60 Å². The number of ether oxygens (including phenoxy) is 4. The molecular weight excluding hydrogens is 701 g/mol. The van der Waals surface area contributed by atoms with Crippen molar-refractivity contribution in [1.29, 1.82) is 0 Å². The first kappa shape index (κ1) is 39.2. The van der Waals surface area contributed by atoms with Crippen LogP contribution in [0.4, 0.5) is 0 Å². The normalized spacial score (nSPS) is 22.1. The molecule has 1 fully saturated rings.